The van der Waals surface area contributed by atoms with Crippen molar-refractivity contribution in [3.63, 3.8) is 0 Å². The summed E-state index contributed by atoms with van der Waals surface area (Å²) in [7, 11) is -5.78. The van der Waals surface area contributed by atoms with Gasteiger partial charge >= 0.3 is 13.6 Å². The number of aliphatic carboxylic acids is 1. The van der Waals surface area contributed by atoms with E-state index in [0.29, 0.717) is 0 Å². The molecule has 12 atom stereocenters. The lowest BCUT2D eigenvalue weighted by Crippen LogP contribution is -2.72. The summed E-state index contributed by atoms with van der Waals surface area (Å²) in [6.07, 6.45) is -20.7. The summed E-state index contributed by atoms with van der Waals surface area (Å²) < 4.78 is 26.8. The zero-order chi connectivity index (χ0) is 25.5. The molecular weight excluding hydrogens is 483 g/mol. The van der Waals surface area contributed by atoms with Crippen molar-refractivity contribution in [2.45, 2.75) is 72.7 Å². The standard InChI is InChI=1S/C15H27O17P/c16-1-3-6(19)8(21)10(32-12-9(22)7(20)5(18)4(2-17)31-12)11(30-3)15(26,13(23)24)14(25)33(27,28)29/h3-12,14,16-22,25-26H,1-2H2,(H,23,24)(H2,27,28,29)/t3-,4-,5-,6-,7+,8+,9+,10-,11+,12-,14?,15?/m1/s1. The van der Waals surface area contributed by atoms with Crippen LogP contribution in [0, 0.1) is 0 Å². The minimum Gasteiger partial charge on any atom is -0.479 e. The Bertz CT molecular complexity index is 729. The highest BCUT2D eigenvalue weighted by molar-refractivity contribution is 7.52. The van der Waals surface area contributed by atoms with Gasteiger partial charge in [-0.2, -0.15) is 0 Å². The van der Waals surface area contributed by atoms with Crippen LogP contribution in [0.5, 0.6) is 0 Å². The van der Waals surface area contributed by atoms with Crippen molar-refractivity contribution in [2.24, 2.45) is 0 Å². The van der Waals surface area contributed by atoms with E-state index in [2.05, 4.69) is 0 Å². The van der Waals surface area contributed by atoms with Crippen molar-refractivity contribution >= 4 is 13.6 Å². The van der Waals surface area contributed by atoms with E-state index in [1.165, 1.54) is 0 Å². The molecule has 0 aromatic heterocycles. The molecule has 18 heteroatoms. The lowest BCUT2D eigenvalue weighted by molar-refractivity contribution is -0.353. The van der Waals surface area contributed by atoms with Gasteiger partial charge in [-0.25, -0.2) is 4.79 Å². The van der Waals surface area contributed by atoms with Crippen LogP contribution in [-0.4, -0.2) is 153 Å². The summed E-state index contributed by atoms with van der Waals surface area (Å²) >= 11 is 0. The van der Waals surface area contributed by atoms with Crippen LogP contribution in [0.1, 0.15) is 0 Å². The van der Waals surface area contributed by atoms with Gasteiger partial charge in [-0.15, -0.1) is 0 Å². The molecule has 33 heavy (non-hydrogen) atoms. The molecule has 0 aliphatic carbocycles. The van der Waals surface area contributed by atoms with E-state index in [9.17, 15) is 70.2 Å². The maximum atomic E-state index is 11.8. The Morgan fingerprint density at radius 2 is 1.39 bits per heavy atom. The van der Waals surface area contributed by atoms with Crippen LogP contribution in [-0.2, 0) is 23.6 Å². The quantitative estimate of drug-likeness (QED) is 0.135. The van der Waals surface area contributed by atoms with E-state index >= 15 is 0 Å². The highest BCUT2D eigenvalue weighted by Crippen LogP contribution is 2.48. The molecular formula is C15H27O17P. The topological polar surface area (TPSA) is 305 Å². The van der Waals surface area contributed by atoms with E-state index in [0.717, 1.165) is 0 Å². The molecule has 0 radical (unpaired) electrons. The van der Waals surface area contributed by atoms with E-state index in [1.54, 1.807) is 0 Å². The van der Waals surface area contributed by atoms with Crippen LogP contribution in [0.15, 0.2) is 0 Å². The van der Waals surface area contributed by atoms with Crippen molar-refractivity contribution in [1.29, 1.82) is 0 Å². The van der Waals surface area contributed by atoms with Crippen molar-refractivity contribution in [3.8, 4) is 0 Å². The zero-order valence-electron chi connectivity index (χ0n) is 16.6. The predicted octanol–water partition coefficient (Wildman–Crippen LogP) is -7.04. The molecule has 2 rings (SSSR count). The Morgan fingerprint density at radius 1 is 0.909 bits per heavy atom. The number of aliphatic hydroxyl groups is 9. The number of aliphatic hydroxyl groups excluding tert-OH is 8. The van der Waals surface area contributed by atoms with Crippen molar-refractivity contribution in [3.05, 3.63) is 0 Å². The van der Waals surface area contributed by atoms with Gasteiger partial charge in [0.15, 0.2) is 12.1 Å². The Balaban J connectivity index is 2.51. The number of ether oxygens (including phenoxy) is 3. The average Bonchev–Trinajstić information content (AvgIpc) is 2.75. The smallest absolute Gasteiger partial charge is 0.357 e. The Labute approximate surface area is 184 Å². The van der Waals surface area contributed by atoms with Crippen LogP contribution >= 0.6 is 7.60 Å². The second-order valence-corrected chi connectivity index (χ2v) is 9.32. The van der Waals surface area contributed by atoms with Gasteiger partial charge in [0.1, 0.15) is 54.9 Å². The minimum absolute atomic E-state index is 0.914. The summed E-state index contributed by atoms with van der Waals surface area (Å²) in [5.41, 5.74) is -3.92. The average molecular weight is 510 g/mol. The van der Waals surface area contributed by atoms with Crippen LogP contribution in [0.2, 0.25) is 0 Å². The van der Waals surface area contributed by atoms with Crippen LogP contribution in [0.3, 0.4) is 0 Å². The van der Waals surface area contributed by atoms with E-state index < -0.39 is 99.5 Å². The van der Waals surface area contributed by atoms with E-state index in [4.69, 9.17) is 14.2 Å². The molecule has 2 aliphatic heterocycles. The predicted molar refractivity (Wildman–Crippen MR) is 97.0 cm³/mol. The number of carboxylic acid groups (broad SMARTS) is 1. The van der Waals surface area contributed by atoms with Gasteiger partial charge in [-0.05, 0) is 0 Å². The molecule has 12 N–H and O–H groups in total. The van der Waals surface area contributed by atoms with Gasteiger partial charge in [-0.3, -0.25) is 4.57 Å². The maximum absolute atomic E-state index is 11.8. The normalized spacial score (nSPS) is 43.0. The molecule has 0 spiro atoms. The fourth-order valence-electron chi connectivity index (χ4n) is 3.57. The lowest BCUT2D eigenvalue weighted by atomic mass is 9.84. The minimum atomic E-state index is -5.78. The Kier molecular flexibility index (Phi) is 8.95. The molecule has 2 fully saturated rings. The molecule has 0 aromatic rings. The van der Waals surface area contributed by atoms with Crippen molar-refractivity contribution < 1.29 is 84.4 Å². The Hall–Kier alpha value is -0.860. The van der Waals surface area contributed by atoms with E-state index in [1.807, 2.05) is 0 Å². The third-order valence-corrected chi connectivity index (χ3v) is 6.53. The van der Waals surface area contributed by atoms with Crippen LogP contribution in [0.4, 0.5) is 0 Å². The second kappa shape index (κ2) is 10.4. The molecule has 194 valence electrons. The molecule has 0 bridgehead atoms. The number of carbonyl (C=O) groups is 1. The van der Waals surface area contributed by atoms with E-state index in [-0.39, 0.29) is 0 Å². The molecule has 17 nitrogen and oxygen atoms in total. The first kappa shape index (κ1) is 28.4. The van der Waals surface area contributed by atoms with Gasteiger partial charge in [0.2, 0.25) is 5.60 Å². The first-order chi connectivity index (χ1) is 15.1. The molecule has 0 aromatic carbocycles. The lowest BCUT2D eigenvalue weighted by Gasteiger charge is -2.49. The van der Waals surface area contributed by atoms with Crippen molar-refractivity contribution in [2.75, 3.05) is 13.2 Å². The van der Waals surface area contributed by atoms with Crippen LogP contribution < -0.4 is 0 Å². The number of hydrogen-bond acceptors (Lipinski definition) is 14. The highest BCUT2D eigenvalue weighted by Gasteiger charge is 2.65. The van der Waals surface area contributed by atoms with Gasteiger partial charge in [0, 0.05) is 0 Å². The molecule has 2 unspecified atom stereocenters. The maximum Gasteiger partial charge on any atom is 0.357 e. The zero-order valence-corrected chi connectivity index (χ0v) is 17.5. The first-order valence-electron chi connectivity index (χ1n) is 9.40. The fourth-order valence-corrected chi connectivity index (χ4v) is 4.34. The largest absolute Gasteiger partial charge is 0.479 e. The molecule has 2 saturated heterocycles. The molecule has 0 amide bonds. The summed E-state index contributed by atoms with van der Waals surface area (Å²) in [5, 5.41) is 99.1. The summed E-state index contributed by atoms with van der Waals surface area (Å²) in [4.78, 5) is 30.3. The highest BCUT2D eigenvalue weighted by atomic mass is 31.2. The molecule has 2 heterocycles. The summed E-state index contributed by atoms with van der Waals surface area (Å²) in [6, 6.07) is 0. The van der Waals surface area contributed by atoms with Gasteiger partial charge in [0.05, 0.1) is 13.2 Å². The fraction of sp³-hybridized carbons (Fsp3) is 0.933. The monoisotopic (exact) mass is 510 g/mol. The Morgan fingerprint density at radius 3 is 1.85 bits per heavy atom. The SMILES string of the molecule is O=C(O)C(O)(C(O)P(=O)(O)O)[C@H]1O[C@H](CO)[C@@H](O)[C@H](O)[C@H]1O[C@H]1O[C@H](CO)[C@@H](O)[C@H](O)[C@@H]1O. The number of hydrogen-bond donors (Lipinski definition) is 12. The molecule has 2 aliphatic rings. The third-order valence-electron chi connectivity index (χ3n) is 5.50. The third kappa shape index (κ3) is 5.22. The number of rotatable bonds is 8. The molecule has 0 saturated carbocycles. The second-order valence-electron chi connectivity index (χ2n) is 7.65. The van der Waals surface area contributed by atoms with Gasteiger partial charge in [0.25, 0.3) is 0 Å². The summed E-state index contributed by atoms with van der Waals surface area (Å²) in [6.45, 7) is -2.01. The number of carboxylic acids is 1. The van der Waals surface area contributed by atoms with Gasteiger partial charge < -0.3 is 75.1 Å². The van der Waals surface area contributed by atoms with Crippen molar-refractivity contribution in [1.82, 2.24) is 0 Å². The first-order valence-corrected chi connectivity index (χ1v) is 11.1. The van der Waals surface area contributed by atoms with Crippen LogP contribution in [0.25, 0.3) is 0 Å². The summed E-state index contributed by atoms with van der Waals surface area (Å²) in [5.74, 6) is -5.83. The van der Waals surface area contributed by atoms with Gasteiger partial charge in [-0.1, -0.05) is 0 Å².